The number of nitrogens with one attached hydrogen (secondary N) is 1. The molecule has 0 aliphatic carbocycles. The Hall–Kier alpha value is -3.57. The zero-order valence-electron chi connectivity index (χ0n) is 22.6. The lowest BCUT2D eigenvalue weighted by atomic mass is 9.73. The van der Waals surface area contributed by atoms with Crippen molar-refractivity contribution >= 4 is 15.5 Å². The van der Waals surface area contributed by atoms with E-state index in [1.54, 1.807) is 15.6 Å². The second-order valence-corrected chi connectivity index (χ2v) is 12.8. The van der Waals surface area contributed by atoms with Crippen LogP contribution in [0.1, 0.15) is 47.3 Å². The van der Waals surface area contributed by atoms with Gasteiger partial charge in [-0.1, -0.05) is 35.5 Å². The number of benzene rings is 1. The fourth-order valence-electron chi connectivity index (χ4n) is 6.36. The van der Waals surface area contributed by atoms with Crippen LogP contribution in [0.4, 0.5) is 5.69 Å². The average Bonchev–Trinajstić information content (AvgIpc) is 3.42. The lowest BCUT2D eigenvalue weighted by Crippen LogP contribution is -2.32. The van der Waals surface area contributed by atoms with Crippen LogP contribution >= 0.6 is 0 Å². The second-order valence-electron chi connectivity index (χ2n) is 10.6. The van der Waals surface area contributed by atoms with Gasteiger partial charge in [0.15, 0.2) is 9.84 Å². The van der Waals surface area contributed by atoms with Crippen molar-refractivity contribution in [2.75, 3.05) is 24.8 Å². The molecule has 0 amide bonds. The molecule has 1 aromatic carbocycles. The molecule has 204 valence electrons. The van der Waals surface area contributed by atoms with E-state index in [0.717, 1.165) is 52.4 Å². The van der Waals surface area contributed by atoms with Crippen LogP contribution in [-0.2, 0) is 34.4 Å². The Morgan fingerprint density at radius 2 is 1.82 bits per heavy atom. The summed E-state index contributed by atoms with van der Waals surface area (Å²) < 4.78 is 34.4. The number of sulfone groups is 1. The van der Waals surface area contributed by atoms with Gasteiger partial charge < -0.3 is 10.1 Å². The highest BCUT2D eigenvalue weighted by Gasteiger charge is 2.42. The van der Waals surface area contributed by atoms with Gasteiger partial charge in [0.25, 0.3) is 0 Å². The van der Waals surface area contributed by atoms with E-state index in [-0.39, 0.29) is 17.7 Å². The van der Waals surface area contributed by atoms with Gasteiger partial charge in [-0.3, -0.25) is 9.67 Å². The molecule has 1 N–H and O–H groups in total. The number of ether oxygens (including phenoxy) is 1. The van der Waals surface area contributed by atoms with Crippen molar-refractivity contribution in [2.45, 2.75) is 37.5 Å². The Balaban J connectivity index is 1.62. The number of hydrogen-bond acceptors (Lipinski definition) is 8. The molecule has 5 heterocycles. The summed E-state index contributed by atoms with van der Waals surface area (Å²) in [6, 6.07) is 12.3. The molecule has 11 heteroatoms. The van der Waals surface area contributed by atoms with E-state index < -0.39 is 9.84 Å². The van der Waals surface area contributed by atoms with Gasteiger partial charge in [0, 0.05) is 56.8 Å². The normalized spacial score (nSPS) is 18.3. The summed E-state index contributed by atoms with van der Waals surface area (Å²) in [5, 5.41) is 17.2. The predicted octanol–water partition coefficient (Wildman–Crippen LogP) is 3.81. The van der Waals surface area contributed by atoms with Gasteiger partial charge in [0.2, 0.25) is 0 Å². The van der Waals surface area contributed by atoms with Crippen molar-refractivity contribution in [1.82, 2.24) is 29.8 Å². The van der Waals surface area contributed by atoms with Crippen LogP contribution in [0.5, 0.6) is 0 Å². The van der Waals surface area contributed by atoms with Crippen molar-refractivity contribution in [3.05, 3.63) is 65.1 Å². The number of aryl methyl sites for hydroxylation is 3. The summed E-state index contributed by atoms with van der Waals surface area (Å²) in [6.45, 7) is 3.37. The Kier molecular flexibility index (Phi) is 6.50. The minimum Gasteiger partial charge on any atom is -0.381 e. The van der Waals surface area contributed by atoms with Gasteiger partial charge in [-0.05, 0) is 37.3 Å². The quantitative estimate of drug-likeness (QED) is 0.387. The third-order valence-electron chi connectivity index (χ3n) is 7.91. The van der Waals surface area contributed by atoms with E-state index in [2.05, 4.69) is 39.9 Å². The van der Waals surface area contributed by atoms with Gasteiger partial charge in [0.1, 0.15) is 5.69 Å². The smallest absolute Gasteiger partial charge is 0.153 e. The van der Waals surface area contributed by atoms with Crippen LogP contribution in [0, 0.1) is 12.8 Å². The zero-order valence-corrected chi connectivity index (χ0v) is 23.4. The van der Waals surface area contributed by atoms with Crippen LogP contribution < -0.4 is 5.32 Å². The van der Waals surface area contributed by atoms with Crippen LogP contribution in [-0.4, -0.2) is 57.6 Å². The number of nitrogens with zero attached hydrogens (tertiary/aromatic N) is 6. The van der Waals surface area contributed by atoms with Gasteiger partial charge >= 0.3 is 0 Å². The van der Waals surface area contributed by atoms with Crippen molar-refractivity contribution in [1.29, 1.82) is 0 Å². The highest BCUT2D eigenvalue weighted by Crippen LogP contribution is 2.52. The number of aromatic nitrogens is 6. The Morgan fingerprint density at radius 1 is 1.08 bits per heavy atom. The molecule has 2 aliphatic rings. The first-order valence-electron chi connectivity index (χ1n) is 13.2. The zero-order chi connectivity index (χ0) is 27.3. The summed E-state index contributed by atoms with van der Waals surface area (Å²) in [4.78, 5) is 4.80. The maximum atomic E-state index is 12.6. The average molecular weight is 548 g/mol. The Labute approximate surface area is 228 Å². The molecule has 4 aromatic rings. The third-order valence-corrected chi connectivity index (χ3v) is 8.71. The summed E-state index contributed by atoms with van der Waals surface area (Å²) in [7, 11) is 0.423. The fourth-order valence-corrected chi connectivity index (χ4v) is 7.07. The molecule has 2 unspecified atom stereocenters. The van der Waals surface area contributed by atoms with Gasteiger partial charge in [0.05, 0.1) is 40.3 Å². The number of anilines is 1. The van der Waals surface area contributed by atoms with E-state index in [9.17, 15) is 8.42 Å². The van der Waals surface area contributed by atoms with E-state index >= 15 is 0 Å². The molecule has 0 saturated carbocycles. The van der Waals surface area contributed by atoms with Crippen molar-refractivity contribution < 1.29 is 13.2 Å². The molecule has 39 heavy (non-hydrogen) atoms. The van der Waals surface area contributed by atoms with Gasteiger partial charge in [-0.15, -0.1) is 5.10 Å². The fraction of sp³-hybridized carbons (Fsp3) is 0.429. The maximum Gasteiger partial charge on any atom is 0.153 e. The Bertz CT molecular complexity index is 1600. The highest BCUT2D eigenvalue weighted by molar-refractivity contribution is 7.89. The SMILES string of the molecule is Cc1nnn(C)c1-c1ccnc2c1NC(C(c1ccccc1)C1CCOCC1)c1c(CS(C)(=O)=O)nn(C)c1-2. The number of hydrogen-bond donors (Lipinski definition) is 1. The molecule has 2 atom stereocenters. The summed E-state index contributed by atoms with van der Waals surface area (Å²) in [5.74, 6) is 0.256. The third kappa shape index (κ3) is 4.63. The van der Waals surface area contributed by atoms with E-state index in [0.29, 0.717) is 24.8 Å². The first kappa shape index (κ1) is 25.7. The second kappa shape index (κ2) is 9.87. The molecular formula is C28H33N7O3S. The Morgan fingerprint density at radius 3 is 2.49 bits per heavy atom. The van der Waals surface area contributed by atoms with E-state index in [1.165, 1.54) is 11.8 Å². The molecule has 10 nitrogen and oxygen atoms in total. The molecule has 3 aromatic heterocycles. The number of rotatable bonds is 6. The molecule has 1 fully saturated rings. The minimum atomic E-state index is -3.33. The molecule has 2 aliphatic heterocycles. The van der Waals surface area contributed by atoms with Crippen LogP contribution in [0.3, 0.4) is 0 Å². The predicted molar refractivity (Wildman–Crippen MR) is 149 cm³/mol. The topological polar surface area (TPSA) is 117 Å². The highest BCUT2D eigenvalue weighted by atomic mass is 32.2. The van der Waals surface area contributed by atoms with E-state index in [1.807, 2.05) is 33.2 Å². The van der Waals surface area contributed by atoms with Gasteiger partial charge in [-0.2, -0.15) is 5.10 Å². The lowest BCUT2D eigenvalue weighted by molar-refractivity contribution is 0.0554. The molecular weight excluding hydrogens is 514 g/mol. The monoisotopic (exact) mass is 547 g/mol. The summed E-state index contributed by atoms with van der Waals surface area (Å²) in [5.41, 5.74) is 7.82. The lowest BCUT2D eigenvalue weighted by Gasteiger charge is -2.40. The minimum absolute atomic E-state index is 0.0586. The van der Waals surface area contributed by atoms with E-state index in [4.69, 9.17) is 14.8 Å². The van der Waals surface area contributed by atoms with Crippen molar-refractivity contribution in [3.63, 3.8) is 0 Å². The molecule has 1 saturated heterocycles. The first-order chi connectivity index (χ1) is 18.7. The summed E-state index contributed by atoms with van der Waals surface area (Å²) >= 11 is 0. The standard InChI is InChI=1S/C28H33N7O3S/c1-17-27(35(3)33-31-17)20-10-13-29-26-24(20)30-25(23-21(16-39(4,36)37)32-34(2)28(23)26)22(18-8-6-5-7-9-18)19-11-14-38-15-12-19/h5-10,13,19,22,25,30H,11-12,14-16H2,1-4H3. The van der Waals surface area contributed by atoms with Crippen LogP contribution in [0.15, 0.2) is 42.6 Å². The van der Waals surface area contributed by atoms with Crippen LogP contribution in [0.2, 0.25) is 0 Å². The largest absolute Gasteiger partial charge is 0.381 e. The van der Waals surface area contributed by atoms with Crippen molar-refractivity contribution in [3.8, 4) is 22.6 Å². The molecule has 6 rings (SSSR count). The van der Waals surface area contributed by atoms with Crippen molar-refractivity contribution in [2.24, 2.45) is 20.0 Å². The van der Waals surface area contributed by atoms with Gasteiger partial charge in [-0.25, -0.2) is 13.1 Å². The number of fused-ring (bicyclic) bond motifs is 3. The maximum absolute atomic E-state index is 12.6. The summed E-state index contributed by atoms with van der Waals surface area (Å²) in [6.07, 6.45) is 4.89. The molecule has 0 radical (unpaired) electrons. The first-order valence-corrected chi connectivity index (χ1v) is 15.3. The number of pyridine rings is 1. The molecule has 0 bridgehead atoms. The van der Waals surface area contributed by atoms with Crippen LogP contribution in [0.25, 0.3) is 22.6 Å². The molecule has 0 spiro atoms.